The van der Waals surface area contributed by atoms with Gasteiger partial charge in [0.1, 0.15) is 0 Å². The van der Waals surface area contributed by atoms with Gasteiger partial charge in [0, 0.05) is 19.1 Å². The summed E-state index contributed by atoms with van der Waals surface area (Å²) in [6, 6.07) is 0.591. The molecule has 4 heteroatoms. The summed E-state index contributed by atoms with van der Waals surface area (Å²) < 4.78 is 0. The van der Waals surface area contributed by atoms with Crippen molar-refractivity contribution < 1.29 is 4.79 Å². The monoisotopic (exact) mass is 253 g/mol. The summed E-state index contributed by atoms with van der Waals surface area (Å²) in [5.41, 5.74) is 0. The zero-order valence-electron chi connectivity index (χ0n) is 11.6. The summed E-state index contributed by atoms with van der Waals surface area (Å²) in [6.07, 6.45) is 6.24. The smallest absolute Gasteiger partial charge is 0.234 e. The molecule has 1 saturated carbocycles. The third-order valence-electron chi connectivity index (χ3n) is 3.83. The van der Waals surface area contributed by atoms with Gasteiger partial charge in [0.05, 0.1) is 6.54 Å². The Labute approximate surface area is 110 Å². The zero-order chi connectivity index (χ0) is 12.8. The maximum absolute atomic E-state index is 11.9. The molecule has 0 spiro atoms. The SMILES string of the molecule is CCCN(CC(=O)NCC1CC1)CC1CCCN1. The number of hydrogen-bond donors (Lipinski definition) is 2. The lowest BCUT2D eigenvalue weighted by molar-refractivity contribution is -0.122. The lowest BCUT2D eigenvalue weighted by Crippen LogP contribution is -2.43. The molecule has 1 aliphatic carbocycles. The second kappa shape index (κ2) is 7.10. The molecule has 104 valence electrons. The van der Waals surface area contributed by atoms with E-state index in [1.54, 1.807) is 0 Å². The predicted molar refractivity (Wildman–Crippen MR) is 73.5 cm³/mol. The van der Waals surface area contributed by atoms with Crippen LogP contribution in [0.25, 0.3) is 0 Å². The van der Waals surface area contributed by atoms with Crippen molar-refractivity contribution in [3.8, 4) is 0 Å². The van der Waals surface area contributed by atoms with Crippen LogP contribution in [0.15, 0.2) is 0 Å². The molecule has 4 nitrogen and oxygen atoms in total. The van der Waals surface area contributed by atoms with E-state index in [2.05, 4.69) is 22.5 Å². The second-order valence-electron chi connectivity index (χ2n) is 5.78. The molecule has 1 heterocycles. The van der Waals surface area contributed by atoms with Gasteiger partial charge in [0.25, 0.3) is 0 Å². The van der Waals surface area contributed by atoms with Crippen LogP contribution in [0, 0.1) is 5.92 Å². The van der Waals surface area contributed by atoms with Crippen molar-refractivity contribution in [1.82, 2.24) is 15.5 Å². The predicted octanol–water partition coefficient (Wildman–Crippen LogP) is 0.977. The Bertz CT molecular complexity index is 260. The van der Waals surface area contributed by atoms with E-state index in [1.807, 2.05) is 0 Å². The molecule has 2 rings (SSSR count). The summed E-state index contributed by atoms with van der Waals surface area (Å²) in [6.45, 7) is 6.81. The fourth-order valence-electron chi connectivity index (χ4n) is 2.61. The first-order valence-electron chi connectivity index (χ1n) is 7.50. The van der Waals surface area contributed by atoms with Gasteiger partial charge in [-0.2, -0.15) is 0 Å². The van der Waals surface area contributed by atoms with E-state index in [4.69, 9.17) is 0 Å². The molecular formula is C14H27N3O. The third-order valence-corrected chi connectivity index (χ3v) is 3.83. The summed E-state index contributed by atoms with van der Waals surface area (Å²) in [7, 11) is 0. The van der Waals surface area contributed by atoms with Crippen molar-refractivity contribution in [2.75, 3.05) is 32.7 Å². The van der Waals surface area contributed by atoms with Gasteiger partial charge in [-0.25, -0.2) is 0 Å². The Kier molecular flexibility index (Phi) is 5.45. The molecular weight excluding hydrogens is 226 g/mol. The molecule has 2 aliphatic rings. The number of nitrogens with zero attached hydrogens (tertiary/aromatic N) is 1. The van der Waals surface area contributed by atoms with Crippen LogP contribution in [0.5, 0.6) is 0 Å². The number of hydrogen-bond acceptors (Lipinski definition) is 3. The molecule has 1 aliphatic heterocycles. The maximum atomic E-state index is 11.9. The van der Waals surface area contributed by atoms with Crippen molar-refractivity contribution in [2.45, 2.75) is 45.1 Å². The van der Waals surface area contributed by atoms with Gasteiger partial charge in [0.2, 0.25) is 5.91 Å². The Balaban J connectivity index is 1.67. The molecule has 18 heavy (non-hydrogen) atoms. The van der Waals surface area contributed by atoms with Crippen LogP contribution in [-0.2, 0) is 4.79 Å². The van der Waals surface area contributed by atoms with Crippen LogP contribution >= 0.6 is 0 Å². The normalized spacial score (nSPS) is 23.6. The van der Waals surface area contributed by atoms with E-state index in [-0.39, 0.29) is 5.91 Å². The molecule has 1 saturated heterocycles. The Hall–Kier alpha value is -0.610. The Morgan fingerprint density at radius 2 is 2.22 bits per heavy atom. The molecule has 2 fully saturated rings. The minimum absolute atomic E-state index is 0.202. The lowest BCUT2D eigenvalue weighted by atomic mass is 10.2. The summed E-state index contributed by atoms with van der Waals surface area (Å²) in [5, 5.41) is 6.56. The fraction of sp³-hybridized carbons (Fsp3) is 0.929. The Morgan fingerprint density at radius 1 is 1.39 bits per heavy atom. The highest BCUT2D eigenvalue weighted by Crippen LogP contribution is 2.27. The van der Waals surface area contributed by atoms with Crippen LogP contribution in [-0.4, -0.2) is 49.6 Å². The number of amides is 1. The largest absolute Gasteiger partial charge is 0.355 e. The topological polar surface area (TPSA) is 44.4 Å². The Morgan fingerprint density at radius 3 is 2.83 bits per heavy atom. The molecule has 0 radical (unpaired) electrons. The fourth-order valence-corrected chi connectivity index (χ4v) is 2.61. The van der Waals surface area contributed by atoms with Crippen LogP contribution in [0.2, 0.25) is 0 Å². The van der Waals surface area contributed by atoms with Gasteiger partial charge in [-0.05, 0) is 51.1 Å². The van der Waals surface area contributed by atoms with Gasteiger partial charge < -0.3 is 10.6 Å². The maximum Gasteiger partial charge on any atom is 0.234 e. The lowest BCUT2D eigenvalue weighted by Gasteiger charge is -2.24. The average Bonchev–Trinajstić information content (AvgIpc) is 3.04. The first-order valence-corrected chi connectivity index (χ1v) is 7.50. The number of carbonyl (C=O) groups is 1. The molecule has 0 bridgehead atoms. The van der Waals surface area contributed by atoms with Gasteiger partial charge in [-0.3, -0.25) is 9.69 Å². The van der Waals surface area contributed by atoms with Gasteiger partial charge >= 0.3 is 0 Å². The molecule has 1 atom stereocenters. The van der Waals surface area contributed by atoms with Crippen LogP contribution < -0.4 is 10.6 Å². The summed E-state index contributed by atoms with van der Waals surface area (Å²) >= 11 is 0. The van der Waals surface area contributed by atoms with E-state index < -0.39 is 0 Å². The molecule has 2 N–H and O–H groups in total. The first kappa shape index (κ1) is 13.8. The highest BCUT2D eigenvalue weighted by molar-refractivity contribution is 5.78. The van der Waals surface area contributed by atoms with E-state index in [0.717, 1.165) is 38.5 Å². The van der Waals surface area contributed by atoms with Gasteiger partial charge in [0.15, 0.2) is 0 Å². The summed E-state index contributed by atoms with van der Waals surface area (Å²) in [4.78, 5) is 14.2. The standard InChI is InChI=1S/C14H27N3O/c1-2-8-17(10-13-4-3-7-15-13)11-14(18)16-9-12-5-6-12/h12-13,15H,2-11H2,1H3,(H,16,18). The average molecular weight is 253 g/mol. The molecule has 0 aromatic carbocycles. The van der Waals surface area contributed by atoms with E-state index in [9.17, 15) is 4.79 Å². The minimum atomic E-state index is 0.202. The number of rotatable bonds is 8. The van der Waals surface area contributed by atoms with Crippen LogP contribution in [0.3, 0.4) is 0 Å². The van der Waals surface area contributed by atoms with E-state index >= 15 is 0 Å². The van der Waals surface area contributed by atoms with Crippen LogP contribution in [0.4, 0.5) is 0 Å². The first-order chi connectivity index (χ1) is 8.78. The quantitative estimate of drug-likeness (QED) is 0.678. The molecule has 0 aromatic heterocycles. The third kappa shape index (κ3) is 4.94. The number of nitrogens with one attached hydrogen (secondary N) is 2. The molecule has 1 amide bonds. The van der Waals surface area contributed by atoms with Crippen molar-refractivity contribution in [3.63, 3.8) is 0 Å². The van der Waals surface area contributed by atoms with E-state index in [0.29, 0.717) is 12.6 Å². The van der Waals surface area contributed by atoms with Gasteiger partial charge in [-0.1, -0.05) is 6.92 Å². The second-order valence-corrected chi connectivity index (χ2v) is 5.78. The van der Waals surface area contributed by atoms with Crippen molar-refractivity contribution >= 4 is 5.91 Å². The van der Waals surface area contributed by atoms with Crippen LogP contribution in [0.1, 0.15) is 39.0 Å². The highest BCUT2D eigenvalue weighted by atomic mass is 16.2. The number of carbonyl (C=O) groups excluding carboxylic acids is 1. The zero-order valence-corrected chi connectivity index (χ0v) is 11.6. The molecule has 0 aromatic rings. The minimum Gasteiger partial charge on any atom is -0.355 e. The molecule has 1 unspecified atom stereocenters. The highest BCUT2D eigenvalue weighted by Gasteiger charge is 2.23. The van der Waals surface area contributed by atoms with E-state index in [1.165, 1.54) is 25.7 Å². The van der Waals surface area contributed by atoms with Crippen molar-refractivity contribution in [2.24, 2.45) is 5.92 Å². The van der Waals surface area contributed by atoms with Gasteiger partial charge in [-0.15, -0.1) is 0 Å². The van der Waals surface area contributed by atoms with Crippen molar-refractivity contribution in [3.05, 3.63) is 0 Å². The van der Waals surface area contributed by atoms with Crippen molar-refractivity contribution in [1.29, 1.82) is 0 Å². The summed E-state index contributed by atoms with van der Waals surface area (Å²) in [5.74, 6) is 0.971.